The van der Waals surface area contributed by atoms with Crippen molar-refractivity contribution < 1.29 is 9.53 Å². The van der Waals surface area contributed by atoms with Crippen LogP contribution in [0.25, 0.3) is 0 Å². The van der Waals surface area contributed by atoms with Gasteiger partial charge in [0, 0.05) is 24.5 Å². The van der Waals surface area contributed by atoms with Gasteiger partial charge in [-0.1, -0.05) is 19.3 Å². The van der Waals surface area contributed by atoms with E-state index in [2.05, 4.69) is 18.7 Å². The molecule has 0 radical (unpaired) electrons. The van der Waals surface area contributed by atoms with Crippen molar-refractivity contribution in [2.45, 2.75) is 58.1 Å². The Kier molecular flexibility index (Phi) is 4.21. The number of rotatable bonds is 3. The molecule has 2 rings (SSSR count). The van der Waals surface area contributed by atoms with E-state index in [0.717, 1.165) is 32.5 Å². The number of hydrogen-bond donors (Lipinski definition) is 0. The summed E-state index contributed by atoms with van der Waals surface area (Å²) < 4.78 is 5.65. The van der Waals surface area contributed by atoms with Crippen LogP contribution in [-0.2, 0) is 9.53 Å². The Labute approximate surface area is 105 Å². The van der Waals surface area contributed by atoms with Gasteiger partial charge in [-0.15, -0.1) is 0 Å². The monoisotopic (exact) mass is 239 g/mol. The predicted molar refractivity (Wildman–Crippen MR) is 68.0 cm³/mol. The molecule has 1 heterocycles. The maximum atomic E-state index is 11.5. The van der Waals surface area contributed by atoms with Crippen LogP contribution >= 0.6 is 0 Å². The van der Waals surface area contributed by atoms with Gasteiger partial charge in [0.1, 0.15) is 6.29 Å². The summed E-state index contributed by atoms with van der Waals surface area (Å²) in [6.45, 7) is 7.03. The molecular weight excluding hydrogens is 214 g/mol. The summed E-state index contributed by atoms with van der Waals surface area (Å²) in [7, 11) is 0. The van der Waals surface area contributed by atoms with Gasteiger partial charge in [-0.25, -0.2) is 0 Å². The van der Waals surface area contributed by atoms with E-state index in [4.69, 9.17) is 4.74 Å². The maximum Gasteiger partial charge on any atom is 0.127 e. The highest BCUT2D eigenvalue weighted by Crippen LogP contribution is 2.36. The third-order valence-corrected chi connectivity index (χ3v) is 4.35. The average Bonchev–Trinajstić information content (AvgIpc) is 2.35. The molecule has 0 aromatic carbocycles. The van der Waals surface area contributed by atoms with Crippen molar-refractivity contribution in [1.29, 1.82) is 0 Å². The second kappa shape index (κ2) is 5.49. The zero-order valence-corrected chi connectivity index (χ0v) is 11.2. The van der Waals surface area contributed by atoms with Crippen LogP contribution in [0.15, 0.2) is 0 Å². The Bertz CT molecular complexity index is 261. The minimum absolute atomic E-state index is 0.0659. The molecule has 2 aliphatic rings. The van der Waals surface area contributed by atoms with Crippen molar-refractivity contribution in [2.75, 3.05) is 19.7 Å². The van der Waals surface area contributed by atoms with Crippen LogP contribution in [0.5, 0.6) is 0 Å². The molecule has 3 heteroatoms. The van der Waals surface area contributed by atoms with E-state index in [1.807, 2.05) is 0 Å². The fourth-order valence-electron chi connectivity index (χ4n) is 3.17. The number of morpholine rings is 1. The van der Waals surface area contributed by atoms with Crippen LogP contribution in [0.4, 0.5) is 0 Å². The molecule has 0 amide bonds. The van der Waals surface area contributed by atoms with E-state index in [1.54, 1.807) is 0 Å². The Morgan fingerprint density at radius 2 is 2.00 bits per heavy atom. The van der Waals surface area contributed by atoms with Crippen LogP contribution in [0.1, 0.15) is 46.0 Å². The van der Waals surface area contributed by atoms with Gasteiger partial charge in [0.25, 0.3) is 0 Å². The maximum absolute atomic E-state index is 11.5. The molecule has 0 N–H and O–H groups in total. The zero-order valence-electron chi connectivity index (χ0n) is 11.2. The van der Waals surface area contributed by atoms with Crippen molar-refractivity contribution in [3.05, 3.63) is 0 Å². The minimum Gasteiger partial charge on any atom is -0.376 e. The lowest BCUT2D eigenvalue weighted by Crippen LogP contribution is -2.52. The topological polar surface area (TPSA) is 29.5 Å². The summed E-state index contributed by atoms with van der Waals surface area (Å²) in [6, 6.07) is 0.449. The standard InChI is InChI=1S/C14H25NO2/c1-12-9-17-13(2)8-15(12)10-14(11-16)6-4-3-5-7-14/h11-13H,3-10H2,1-2H3. The number of aldehydes is 1. The Hall–Kier alpha value is -0.410. The fraction of sp³-hybridized carbons (Fsp3) is 0.929. The van der Waals surface area contributed by atoms with Gasteiger partial charge >= 0.3 is 0 Å². The van der Waals surface area contributed by atoms with Gasteiger partial charge < -0.3 is 9.53 Å². The van der Waals surface area contributed by atoms with Gasteiger partial charge in [0.2, 0.25) is 0 Å². The van der Waals surface area contributed by atoms with E-state index in [0.29, 0.717) is 12.1 Å². The first kappa shape index (κ1) is 13.0. The van der Waals surface area contributed by atoms with E-state index < -0.39 is 0 Å². The van der Waals surface area contributed by atoms with Crippen LogP contribution in [0.3, 0.4) is 0 Å². The molecule has 2 fully saturated rings. The summed E-state index contributed by atoms with van der Waals surface area (Å²) >= 11 is 0. The van der Waals surface area contributed by atoms with Crippen molar-refractivity contribution in [3.63, 3.8) is 0 Å². The van der Waals surface area contributed by atoms with Gasteiger partial charge in [-0.05, 0) is 26.7 Å². The van der Waals surface area contributed by atoms with E-state index >= 15 is 0 Å². The third-order valence-electron chi connectivity index (χ3n) is 4.35. The number of hydrogen-bond acceptors (Lipinski definition) is 3. The second-order valence-corrected chi connectivity index (χ2v) is 5.96. The molecule has 0 spiro atoms. The molecule has 1 saturated carbocycles. The first-order valence-corrected chi connectivity index (χ1v) is 6.97. The van der Waals surface area contributed by atoms with Crippen LogP contribution in [0, 0.1) is 5.41 Å². The molecule has 0 bridgehead atoms. The van der Waals surface area contributed by atoms with Crippen molar-refractivity contribution in [3.8, 4) is 0 Å². The molecule has 2 unspecified atom stereocenters. The zero-order chi connectivity index (χ0) is 12.3. The number of carbonyl (C=O) groups is 1. The summed E-state index contributed by atoms with van der Waals surface area (Å²) in [6.07, 6.45) is 7.42. The van der Waals surface area contributed by atoms with Gasteiger partial charge in [-0.3, -0.25) is 4.90 Å². The largest absolute Gasteiger partial charge is 0.376 e. The summed E-state index contributed by atoms with van der Waals surface area (Å²) in [4.78, 5) is 13.9. The first-order valence-electron chi connectivity index (χ1n) is 6.97. The fourth-order valence-corrected chi connectivity index (χ4v) is 3.17. The Balaban J connectivity index is 1.99. The molecule has 3 nitrogen and oxygen atoms in total. The third kappa shape index (κ3) is 3.08. The van der Waals surface area contributed by atoms with E-state index in [-0.39, 0.29) is 5.41 Å². The minimum atomic E-state index is -0.0659. The molecular formula is C14H25NO2. The molecule has 1 saturated heterocycles. The van der Waals surface area contributed by atoms with E-state index in [9.17, 15) is 4.79 Å². The van der Waals surface area contributed by atoms with Crippen molar-refractivity contribution in [2.24, 2.45) is 5.41 Å². The average molecular weight is 239 g/mol. The van der Waals surface area contributed by atoms with Gasteiger partial charge in [-0.2, -0.15) is 0 Å². The lowest BCUT2D eigenvalue weighted by molar-refractivity contribution is -0.122. The van der Waals surface area contributed by atoms with Gasteiger partial charge in [0.05, 0.1) is 12.7 Å². The molecule has 0 aromatic heterocycles. The normalized spacial score (nSPS) is 34.5. The van der Waals surface area contributed by atoms with E-state index in [1.165, 1.54) is 25.5 Å². The molecule has 0 aromatic rings. The lowest BCUT2D eigenvalue weighted by Gasteiger charge is -2.43. The quantitative estimate of drug-likeness (QED) is 0.707. The summed E-state index contributed by atoms with van der Waals surface area (Å²) in [5.41, 5.74) is -0.0659. The lowest BCUT2D eigenvalue weighted by atomic mass is 9.74. The number of ether oxygens (including phenoxy) is 1. The smallest absolute Gasteiger partial charge is 0.127 e. The van der Waals surface area contributed by atoms with Crippen molar-refractivity contribution in [1.82, 2.24) is 4.90 Å². The van der Waals surface area contributed by atoms with Crippen LogP contribution < -0.4 is 0 Å². The predicted octanol–water partition coefficient (Wildman–Crippen LogP) is 2.25. The highest BCUT2D eigenvalue weighted by molar-refractivity contribution is 5.60. The molecule has 98 valence electrons. The first-order chi connectivity index (χ1) is 8.15. The van der Waals surface area contributed by atoms with Crippen molar-refractivity contribution >= 4 is 6.29 Å². The molecule has 2 atom stereocenters. The number of nitrogens with zero attached hydrogens (tertiary/aromatic N) is 1. The second-order valence-electron chi connectivity index (χ2n) is 5.96. The van der Waals surface area contributed by atoms with Crippen LogP contribution in [0.2, 0.25) is 0 Å². The highest BCUT2D eigenvalue weighted by atomic mass is 16.5. The van der Waals surface area contributed by atoms with Gasteiger partial charge in [0.15, 0.2) is 0 Å². The molecule has 17 heavy (non-hydrogen) atoms. The number of carbonyl (C=O) groups excluding carboxylic acids is 1. The summed E-state index contributed by atoms with van der Waals surface area (Å²) in [5.74, 6) is 0. The molecule has 1 aliphatic carbocycles. The summed E-state index contributed by atoms with van der Waals surface area (Å²) in [5, 5.41) is 0. The highest BCUT2D eigenvalue weighted by Gasteiger charge is 2.36. The SMILES string of the molecule is CC1CN(CC2(C=O)CCCCC2)C(C)CO1. The van der Waals surface area contributed by atoms with Crippen LogP contribution in [-0.4, -0.2) is 43.0 Å². The molecule has 1 aliphatic heterocycles. The Morgan fingerprint density at radius 1 is 1.29 bits per heavy atom. The Morgan fingerprint density at radius 3 is 2.65 bits per heavy atom.